The normalized spacial score (nSPS) is 22.0. The van der Waals surface area contributed by atoms with Gasteiger partial charge in [-0.05, 0) is 37.7 Å². The van der Waals surface area contributed by atoms with E-state index in [1.54, 1.807) is 0 Å². The molecule has 1 saturated carbocycles. The number of ether oxygens (including phenoxy) is 1. The third kappa shape index (κ3) is 3.64. The molecule has 1 aromatic rings. The van der Waals surface area contributed by atoms with Gasteiger partial charge in [-0.1, -0.05) is 13.8 Å². The molecule has 3 rings (SSSR count). The highest BCUT2D eigenvalue weighted by Crippen LogP contribution is 2.30. The number of H-pyrrole nitrogens is 1. The fraction of sp³-hybridized carbons (Fsp3) is 0.750. The smallest absolute Gasteiger partial charge is 0.274 e. The molecule has 1 aromatic heterocycles. The molecule has 1 amide bonds. The molecule has 0 spiro atoms. The lowest BCUT2D eigenvalue weighted by Gasteiger charge is -2.24. The summed E-state index contributed by atoms with van der Waals surface area (Å²) in [5.41, 5.74) is 1.62. The van der Waals surface area contributed by atoms with Gasteiger partial charge in [0, 0.05) is 30.8 Å². The Balaban J connectivity index is 1.66. The van der Waals surface area contributed by atoms with Gasteiger partial charge in [0.1, 0.15) is 5.69 Å². The second kappa shape index (κ2) is 6.18. The predicted octanol–water partition coefficient (Wildman–Crippen LogP) is 2.25. The minimum atomic E-state index is 0.0793. The maximum absolute atomic E-state index is 12.7. The van der Waals surface area contributed by atoms with Gasteiger partial charge in [0.25, 0.3) is 5.91 Å². The number of amides is 1. The average Bonchev–Trinajstić information content (AvgIpc) is 2.96. The fourth-order valence-electron chi connectivity index (χ4n) is 2.95. The Morgan fingerprint density at radius 3 is 2.90 bits per heavy atom. The zero-order valence-corrected chi connectivity index (χ0v) is 13.0. The quantitative estimate of drug-likeness (QED) is 0.874. The van der Waals surface area contributed by atoms with Crippen LogP contribution in [0.1, 0.15) is 49.3 Å². The van der Waals surface area contributed by atoms with Crippen LogP contribution in [0.5, 0.6) is 0 Å². The maximum Gasteiger partial charge on any atom is 0.274 e. The fourth-order valence-corrected chi connectivity index (χ4v) is 2.95. The minimum absolute atomic E-state index is 0.0793. The molecule has 116 valence electrons. The third-order valence-corrected chi connectivity index (χ3v) is 4.21. The molecular weight excluding hydrogens is 266 g/mol. The van der Waals surface area contributed by atoms with Gasteiger partial charge in [-0.25, -0.2) is 0 Å². The van der Waals surface area contributed by atoms with Crippen molar-refractivity contribution in [3.8, 4) is 0 Å². The van der Waals surface area contributed by atoms with Crippen molar-refractivity contribution < 1.29 is 9.53 Å². The van der Waals surface area contributed by atoms with Gasteiger partial charge in [0.05, 0.1) is 6.61 Å². The Bertz CT molecular complexity index is 487. The molecule has 0 radical (unpaired) electrons. The van der Waals surface area contributed by atoms with Crippen LogP contribution in [0, 0.1) is 11.8 Å². The maximum atomic E-state index is 12.7. The summed E-state index contributed by atoms with van der Waals surface area (Å²) in [6.07, 6.45) is 4.25. The summed E-state index contributed by atoms with van der Waals surface area (Å²) in [7, 11) is 0. The summed E-state index contributed by atoms with van der Waals surface area (Å²) >= 11 is 0. The Kier molecular flexibility index (Phi) is 4.29. The van der Waals surface area contributed by atoms with E-state index < -0.39 is 0 Å². The Hall–Kier alpha value is -1.36. The molecule has 1 aliphatic carbocycles. The Morgan fingerprint density at radius 2 is 2.29 bits per heavy atom. The number of carbonyl (C=O) groups excluding carboxylic acids is 1. The second-order valence-electron chi connectivity index (χ2n) is 6.79. The molecule has 2 fully saturated rings. The predicted molar refractivity (Wildman–Crippen MR) is 80.1 cm³/mol. The van der Waals surface area contributed by atoms with E-state index in [4.69, 9.17) is 4.74 Å². The van der Waals surface area contributed by atoms with Crippen molar-refractivity contribution in [1.29, 1.82) is 0 Å². The van der Waals surface area contributed by atoms with E-state index in [2.05, 4.69) is 24.0 Å². The van der Waals surface area contributed by atoms with Crippen molar-refractivity contribution in [1.82, 2.24) is 15.1 Å². The van der Waals surface area contributed by atoms with E-state index in [1.165, 1.54) is 0 Å². The van der Waals surface area contributed by atoms with Crippen LogP contribution in [0.25, 0.3) is 0 Å². The van der Waals surface area contributed by atoms with Crippen LogP contribution in [0.4, 0.5) is 0 Å². The number of aromatic amines is 1. The molecule has 2 aliphatic rings. The van der Waals surface area contributed by atoms with Gasteiger partial charge in [-0.15, -0.1) is 0 Å². The molecule has 1 atom stereocenters. The van der Waals surface area contributed by atoms with Gasteiger partial charge in [-0.2, -0.15) is 5.10 Å². The summed E-state index contributed by atoms with van der Waals surface area (Å²) in [4.78, 5) is 14.7. The Morgan fingerprint density at radius 1 is 1.48 bits per heavy atom. The summed E-state index contributed by atoms with van der Waals surface area (Å²) in [6, 6.07) is 2.34. The number of carbonyl (C=O) groups is 1. The van der Waals surface area contributed by atoms with E-state index in [-0.39, 0.29) is 5.91 Å². The van der Waals surface area contributed by atoms with Gasteiger partial charge < -0.3 is 9.64 Å². The van der Waals surface area contributed by atoms with Crippen molar-refractivity contribution in [2.75, 3.05) is 19.8 Å². The van der Waals surface area contributed by atoms with E-state index >= 15 is 0 Å². The van der Waals surface area contributed by atoms with Crippen molar-refractivity contribution in [3.63, 3.8) is 0 Å². The topological polar surface area (TPSA) is 58.2 Å². The largest absolute Gasteiger partial charge is 0.381 e. The third-order valence-electron chi connectivity index (χ3n) is 4.21. The first kappa shape index (κ1) is 14.6. The monoisotopic (exact) mass is 291 g/mol. The van der Waals surface area contributed by atoms with Crippen molar-refractivity contribution in [2.45, 2.75) is 45.6 Å². The van der Waals surface area contributed by atoms with Crippen LogP contribution in [0.2, 0.25) is 0 Å². The highest BCUT2D eigenvalue weighted by Gasteiger charge is 2.36. The molecule has 5 nitrogen and oxygen atoms in total. The van der Waals surface area contributed by atoms with Crippen LogP contribution in [-0.4, -0.2) is 46.8 Å². The summed E-state index contributed by atoms with van der Waals surface area (Å²) < 4.78 is 5.43. The number of rotatable bonds is 6. The number of nitrogens with one attached hydrogen (secondary N) is 1. The first-order valence-corrected chi connectivity index (χ1v) is 8.06. The molecule has 1 aliphatic heterocycles. The van der Waals surface area contributed by atoms with E-state index in [0.717, 1.165) is 51.1 Å². The van der Waals surface area contributed by atoms with Crippen molar-refractivity contribution in [2.24, 2.45) is 11.8 Å². The zero-order chi connectivity index (χ0) is 14.8. The van der Waals surface area contributed by atoms with E-state index in [0.29, 0.717) is 23.6 Å². The number of aromatic nitrogens is 2. The lowest BCUT2D eigenvalue weighted by molar-refractivity contribution is 0.0700. The van der Waals surface area contributed by atoms with Gasteiger partial charge in [0.2, 0.25) is 0 Å². The highest BCUT2D eigenvalue weighted by atomic mass is 16.5. The van der Waals surface area contributed by atoms with Crippen molar-refractivity contribution >= 4 is 5.91 Å². The van der Waals surface area contributed by atoms with Crippen LogP contribution in [0.15, 0.2) is 6.07 Å². The summed E-state index contributed by atoms with van der Waals surface area (Å²) in [5.74, 6) is 1.13. The molecule has 1 N–H and O–H groups in total. The molecule has 5 heteroatoms. The number of hydrogen-bond donors (Lipinski definition) is 1. The van der Waals surface area contributed by atoms with E-state index in [1.807, 2.05) is 11.0 Å². The van der Waals surface area contributed by atoms with E-state index in [9.17, 15) is 4.79 Å². The summed E-state index contributed by atoms with van der Waals surface area (Å²) in [6.45, 7) is 6.77. The van der Waals surface area contributed by atoms with Crippen molar-refractivity contribution in [3.05, 3.63) is 17.5 Å². The molecule has 1 unspecified atom stereocenters. The first-order valence-electron chi connectivity index (χ1n) is 8.06. The molecule has 2 heterocycles. The lowest BCUT2D eigenvalue weighted by Crippen LogP contribution is -2.37. The molecule has 1 saturated heterocycles. The zero-order valence-electron chi connectivity index (χ0n) is 13.0. The molecule has 0 bridgehead atoms. The SMILES string of the molecule is CC(C)Cc1cc(C(=O)N(CC2CCOC2)C2CC2)n[nH]1. The number of nitrogens with zero attached hydrogens (tertiary/aromatic N) is 2. The first-order chi connectivity index (χ1) is 10.1. The molecule has 21 heavy (non-hydrogen) atoms. The van der Waals surface area contributed by atoms with Crippen LogP contribution >= 0.6 is 0 Å². The van der Waals surface area contributed by atoms with Crippen LogP contribution in [0.3, 0.4) is 0 Å². The van der Waals surface area contributed by atoms with Crippen LogP contribution < -0.4 is 0 Å². The number of hydrogen-bond acceptors (Lipinski definition) is 3. The van der Waals surface area contributed by atoms with Gasteiger partial charge >= 0.3 is 0 Å². The highest BCUT2D eigenvalue weighted by molar-refractivity contribution is 5.92. The van der Waals surface area contributed by atoms with Gasteiger partial charge in [0.15, 0.2) is 0 Å². The standard InChI is InChI=1S/C16H25N3O2/c1-11(2)7-13-8-15(18-17-13)16(20)19(14-3-4-14)9-12-5-6-21-10-12/h8,11-12,14H,3-7,9-10H2,1-2H3,(H,17,18). The second-order valence-corrected chi connectivity index (χ2v) is 6.79. The van der Waals surface area contributed by atoms with Crippen LogP contribution in [-0.2, 0) is 11.2 Å². The molecular formula is C16H25N3O2. The lowest BCUT2D eigenvalue weighted by atomic mass is 10.1. The summed E-state index contributed by atoms with van der Waals surface area (Å²) in [5, 5.41) is 7.23. The molecule has 0 aromatic carbocycles. The Labute approximate surface area is 126 Å². The van der Waals surface area contributed by atoms with Gasteiger partial charge in [-0.3, -0.25) is 9.89 Å². The average molecular weight is 291 g/mol. The minimum Gasteiger partial charge on any atom is -0.381 e.